The first-order chi connectivity index (χ1) is 9.88. The van der Waals surface area contributed by atoms with Crippen LogP contribution in [0.5, 0.6) is 0 Å². The molecule has 6 heteroatoms. The zero-order valence-electron chi connectivity index (χ0n) is 12.5. The fraction of sp³-hybridized carbons (Fsp3) is 0.533. The Balaban J connectivity index is 2.85. The summed E-state index contributed by atoms with van der Waals surface area (Å²) in [7, 11) is 1.48. The Labute approximate surface area is 123 Å². The zero-order chi connectivity index (χ0) is 16.0. The summed E-state index contributed by atoms with van der Waals surface area (Å²) in [5, 5.41) is 2.76. The van der Waals surface area contributed by atoms with Crippen molar-refractivity contribution in [2.75, 3.05) is 13.7 Å². The van der Waals surface area contributed by atoms with Crippen LogP contribution in [0.25, 0.3) is 0 Å². The van der Waals surface area contributed by atoms with Gasteiger partial charge in [-0.15, -0.1) is 0 Å². The second-order valence-corrected chi connectivity index (χ2v) is 5.25. The third kappa shape index (κ3) is 5.06. The van der Waals surface area contributed by atoms with Gasteiger partial charge < -0.3 is 15.8 Å². The SMILES string of the molecule is COC(CN)CC(=O)NC(c1ccc(F)cc1F)C(C)C. The lowest BCUT2D eigenvalue weighted by Crippen LogP contribution is -2.36. The van der Waals surface area contributed by atoms with E-state index < -0.39 is 17.7 Å². The first kappa shape index (κ1) is 17.5. The smallest absolute Gasteiger partial charge is 0.223 e. The lowest BCUT2D eigenvalue weighted by Gasteiger charge is -2.24. The van der Waals surface area contributed by atoms with Crippen molar-refractivity contribution >= 4 is 5.91 Å². The normalized spacial score (nSPS) is 14.0. The predicted octanol–water partition coefficient (Wildman–Crippen LogP) is 2.14. The molecule has 1 rings (SSSR count). The topological polar surface area (TPSA) is 64.3 Å². The highest BCUT2D eigenvalue weighted by Gasteiger charge is 2.23. The highest BCUT2D eigenvalue weighted by Crippen LogP contribution is 2.25. The lowest BCUT2D eigenvalue weighted by molar-refractivity contribution is -0.124. The van der Waals surface area contributed by atoms with Crippen molar-refractivity contribution in [1.29, 1.82) is 0 Å². The molecule has 4 nitrogen and oxygen atoms in total. The van der Waals surface area contributed by atoms with Gasteiger partial charge in [-0.25, -0.2) is 8.78 Å². The Morgan fingerprint density at radius 3 is 2.52 bits per heavy atom. The van der Waals surface area contributed by atoms with Gasteiger partial charge in [0.25, 0.3) is 0 Å². The number of benzene rings is 1. The van der Waals surface area contributed by atoms with Crippen LogP contribution >= 0.6 is 0 Å². The first-order valence-electron chi connectivity index (χ1n) is 6.86. The number of hydrogen-bond acceptors (Lipinski definition) is 3. The van der Waals surface area contributed by atoms with E-state index in [1.165, 1.54) is 19.2 Å². The van der Waals surface area contributed by atoms with Crippen LogP contribution in [0.4, 0.5) is 8.78 Å². The Hall–Kier alpha value is -1.53. The van der Waals surface area contributed by atoms with Crippen molar-refractivity contribution in [3.63, 3.8) is 0 Å². The van der Waals surface area contributed by atoms with Gasteiger partial charge >= 0.3 is 0 Å². The second kappa shape index (κ2) is 8.05. The van der Waals surface area contributed by atoms with Gasteiger partial charge in [0.15, 0.2) is 0 Å². The van der Waals surface area contributed by atoms with Crippen LogP contribution in [0.3, 0.4) is 0 Å². The molecule has 2 atom stereocenters. The fourth-order valence-corrected chi connectivity index (χ4v) is 2.06. The van der Waals surface area contributed by atoms with Gasteiger partial charge in [0.1, 0.15) is 11.6 Å². The molecular weight excluding hydrogens is 278 g/mol. The van der Waals surface area contributed by atoms with Gasteiger partial charge in [-0.2, -0.15) is 0 Å². The van der Waals surface area contributed by atoms with E-state index in [-0.39, 0.29) is 36.5 Å². The number of hydrogen-bond donors (Lipinski definition) is 2. The number of rotatable bonds is 7. The number of halogens is 2. The van der Waals surface area contributed by atoms with Gasteiger partial charge in [-0.3, -0.25) is 4.79 Å². The molecule has 0 bridgehead atoms. The molecule has 2 unspecified atom stereocenters. The summed E-state index contributed by atoms with van der Waals surface area (Å²) in [5.74, 6) is -1.65. The molecule has 0 fully saturated rings. The predicted molar refractivity (Wildman–Crippen MR) is 76.5 cm³/mol. The van der Waals surface area contributed by atoms with E-state index in [0.29, 0.717) is 0 Å². The molecule has 0 aliphatic rings. The third-order valence-corrected chi connectivity index (χ3v) is 3.29. The third-order valence-electron chi connectivity index (χ3n) is 3.29. The highest BCUT2D eigenvalue weighted by atomic mass is 19.1. The van der Waals surface area contributed by atoms with E-state index in [4.69, 9.17) is 10.5 Å². The first-order valence-corrected chi connectivity index (χ1v) is 6.86. The molecule has 1 aromatic carbocycles. The average molecular weight is 300 g/mol. The van der Waals surface area contributed by atoms with E-state index in [9.17, 15) is 13.6 Å². The van der Waals surface area contributed by atoms with Gasteiger partial charge in [0, 0.05) is 25.3 Å². The molecule has 0 saturated heterocycles. The lowest BCUT2D eigenvalue weighted by atomic mass is 9.95. The van der Waals surface area contributed by atoms with E-state index >= 15 is 0 Å². The maximum absolute atomic E-state index is 13.9. The van der Waals surface area contributed by atoms with Crippen molar-refractivity contribution in [2.24, 2.45) is 11.7 Å². The summed E-state index contributed by atoms with van der Waals surface area (Å²) >= 11 is 0. The van der Waals surface area contributed by atoms with Crippen LogP contribution in [-0.4, -0.2) is 25.7 Å². The van der Waals surface area contributed by atoms with Gasteiger partial charge in [-0.05, 0) is 12.0 Å². The molecule has 0 saturated carbocycles. The number of carbonyl (C=O) groups excluding carboxylic acids is 1. The summed E-state index contributed by atoms with van der Waals surface area (Å²) < 4.78 is 31.9. The minimum absolute atomic E-state index is 0.0483. The van der Waals surface area contributed by atoms with E-state index in [0.717, 1.165) is 6.07 Å². The van der Waals surface area contributed by atoms with Crippen molar-refractivity contribution in [3.05, 3.63) is 35.4 Å². The Morgan fingerprint density at radius 2 is 2.05 bits per heavy atom. The number of carbonyl (C=O) groups is 1. The molecule has 1 aromatic rings. The molecule has 0 aliphatic carbocycles. The molecule has 0 heterocycles. The molecule has 0 aliphatic heterocycles. The molecule has 3 N–H and O–H groups in total. The summed E-state index contributed by atoms with van der Waals surface area (Å²) in [6.45, 7) is 3.93. The van der Waals surface area contributed by atoms with Crippen LogP contribution in [-0.2, 0) is 9.53 Å². The largest absolute Gasteiger partial charge is 0.380 e. The molecule has 118 valence electrons. The number of ether oxygens (including phenoxy) is 1. The number of methoxy groups -OCH3 is 1. The number of nitrogens with one attached hydrogen (secondary N) is 1. The maximum atomic E-state index is 13.9. The Bertz CT molecular complexity index is 477. The maximum Gasteiger partial charge on any atom is 0.223 e. The van der Waals surface area contributed by atoms with E-state index in [1.807, 2.05) is 13.8 Å². The summed E-state index contributed by atoms with van der Waals surface area (Å²) in [6, 6.07) is 2.81. The molecule has 0 radical (unpaired) electrons. The van der Waals surface area contributed by atoms with E-state index in [1.54, 1.807) is 0 Å². The van der Waals surface area contributed by atoms with Crippen molar-refractivity contribution in [3.8, 4) is 0 Å². The van der Waals surface area contributed by atoms with Crippen LogP contribution in [0.15, 0.2) is 18.2 Å². The van der Waals surface area contributed by atoms with Crippen LogP contribution in [0, 0.1) is 17.6 Å². The van der Waals surface area contributed by atoms with Crippen molar-refractivity contribution in [1.82, 2.24) is 5.32 Å². The minimum atomic E-state index is -0.670. The number of amides is 1. The van der Waals surface area contributed by atoms with E-state index in [2.05, 4.69) is 5.32 Å². The molecule has 0 aromatic heterocycles. The quantitative estimate of drug-likeness (QED) is 0.811. The standard InChI is InChI=1S/C15H22F2N2O2/c1-9(2)15(12-5-4-10(16)6-13(12)17)19-14(20)7-11(8-18)21-3/h4-6,9,11,15H,7-8,18H2,1-3H3,(H,19,20). The number of nitrogens with two attached hydrogens (primary N) is 1. The van der Waals surface area contributed by atoms with Crippen molar-refractivity contribution < 1.29 is 18.3 Å². The Morgan fingerprint density at radius 1 is 1.38 bits per heavy atom. The summed E-state index contributed by atoms with van der Waals surface area (Å²) in [4.78, 5) is 12.0. The average Bonchev–Trinajstić information content (AvgIpc) is 2.42. The van der Waals surface area contributed by atoms with Gasteiger partial charge in [0.05, 0.1) is 18.6 Å². The Kier molecular flexibility index (Phi) is 6.71. The summed E-state index contributed by atoms with van der Waals surface area (Å²) in [5.41, 5.74) is 5.73. The highest BCUT2D eigenvalue weighted by molar-refractivity contribution is 5.77. The fourth-order valence-electron chi connectivity index (χ4n) is 2.06. The van der Waals surface area contributed by atoms with Crippen molar-refractivity contribution in [2.45, 2.75) is 32.4 Å². The molecule has 1 amide bonds. The molecule has 0 spiro atoms. The van der Waals surface area contributed by atoms with Crippen LogP contribution in [0.1, 0.15) is 31.9 Å². The monoisotopic (exact) mass is 300 g/mol. The van der Waals surface area contributed by atoms with Crippen LogP contribution in [0.2, 0.25) is 0 Å². The molecular formula is C15H22F2N2O2. The van der Waals surface area contributed by atoms with Gasteiger partial charge in [-0.1, -0.05) is 19.9 Å². The second-order valence-electron chi connectivity index (χ2n) is 5.25. The molecule has 21 heavy (non-hydrogen) atoms. The van der Waals surface area contributed by atoms with Gasteiger partial charge in [0.2, 0.25) is 5.91 Å². The zero-order valence-corrected chi connectivity index (χ0v) is 12.5. The van der Waals surface area contributed by atoms with Crippen LogP contribution < -0.4 is 11.1 Å². The minimum Gasteiger partial charge on any atom is -0.380 e. The summed E-state index contributed by atoms with van der Waals surface area (Å²) in [6.07, 6.45) is -0.283.